The van der Waals surface area contributed by atoms with Crippen molar-refractivity contribution in [3.63, 3.8) is 0 Å². The van der Waals surface area contributed by atoms with Crippen LogP contribution in [-0.2, 0) is 0 Å². The molecule has 0 aliphatic heterocycles. The smallest absolute Gasteiger partial charge is 0.346 e. The van der Waals surface area contributed by atoms with Crippen molar-refractivity contribution in [2.75, 3.05) is 0 Å². The van der Waals surface area contributed by atoms with Gasteiger partial charge >= 0.3 is 11.3 Å². The van der Waals surface area contributed by atoms with Gasteiger partial charge in [-0.1, -0.05) is 54.6 Å². The first-order chi connectivity index (χ1) is 14.7. The zero-order chi connectivity index (χ0) is 20.2. The van der Waals surface area contributed by atoms with Gasteiger partial charge in [0, 0.05) is 16.5 Å². The first-order valence-corrected chi connectivity index (χ1v) is 9.71. The van der Waals surface area contributed by atoms with E-state index in [2.05, 4.69) is 22.8 Å². The van der Waals surface area contributed by atoms with E-state index in [1.807, 2.05) is 60.7 Å². The predicted octanol–water partition coefficient (Wildman–Crippen LogP) is 5.40. The Bertz CT molecular complexity index is 1730. The van der Waals surface area contributed by atoms with Gasteiger partial charge in [-0.3, -0.25) is 0 Å². The Morgan fingerprint density at radius 2 is 1.13 bits per heavy atom. The predicted molar refractivity (Wildman–Crippen MR) is 121 cm³/mol. The van der Waals surface area contributed by atoms with Crippen molar-refractivity contribution in [2.45, 2.75) is 0 Å². The topological polar surface area (TPSA) is 52.2 Å². The van der Waals surface area contributed by atoms with E-state index in [1.165, 1.54) is 0 Å². The molecule has 6 aromatic rings. The zero-order valence-electron chi connectivity index (χ0n) is 15.8. The second kappa shape index (κ2) is 6.16. The van der Waals surface area contributed by atoms with E-state index < -0.39 is 11.3 Å². The summed E-state index contributed by atoms with van der Waals surface area (Å²) >= 11 is 0. The van der Waals surface area contributed by atoms with E-state index >= 15 is 0 Å². The highest BCUT2D eigenvalue weighted by Crippen LogP contribution is 2.35. The average molecular weight is 389 g/mol. The summed E-state index contributed by atoms with van der Waals surface area (Å²) in [5.74, 6) is 0. The van der Waals surface area contributed by atoms with Crippen LogP contribution >= 0.6 is 0 Å². The highest BCUT2D eigenvalue weighted by molar-refractivity contribution is 6.17. The lowest BCUT2D eigenvalue weighted by Gasteiger charge is -2.07. The summed E-state index contributed by atoms with van der Waals surface area (Å²) in [5, 5.41) is 4.18. The van der Waals surface area contributed by atoms with Crippen LogP contribution in [0.5, 0.6) is 0 Å². The lowest BCUT2D eigenvalue weighted by molar-refractivity contribution is 0.491. The number of hydrogen-bond acceptors (Lipinski definition) is 3. The molecule has 0 radical (unpaired) electrons. The molecule has 0 spiro atoms. The first kappa shape index (κ1) is 16.7. The minimum Gasteiger partial charge on any atom is -0.386 e. The van der Waals surface area contributed by atoms with Gasteiger partial charge in [0.15, 0.2) is 0 Å². The number of aromatic nitrogens is 1. The maximum absolute atomic E-state index is 12.8. The molecule has 0 saturated carbocycles. The second-order valence-electron chi connectivity index (χ2n) is 7.33. The molecule has 0 unspecified atom stereocenters. The fourth-order valence-corrected chi connectivity index (χ4v) is 4.35. The third kappa shape index (κ3) is 2.28. The number of nitrogens with zero attached hydrogens (tertiary/aromatic N) is 1. The number of rotatable bonds is 1. The minimum absolute atomic E-state index is 0.395. The Morgan fingerprint density at radius 1 is 0.500 bits per heavy atom. The third-order valence-electron chi connectivity index (χ3n) is 5.67. The summed E-state index contributed by atoms with van der Waals surface area (Å²) in [4.78, 5) is 25.3. The van der Waals surface area contributed by atoms with Gasteiger partial charge in [0.05, 0.1) is 21.8 Å². The van der Waals surface area contributed by atoms with Crippen LogP contribution in [0.15, 0.2) is 105 Å². The van der Waals surface area contributed by atoms with E-state index in [1.54, 1.807) is 12.1 Å². The van der Waals surface area contributed by atoms with E-state index in [0.29, 0.717) is 21.5 Å². The molecule has 0 amide bonds. The number of benzene rings is 4. The Balaban J connectivity index is 1.93. The van der Waals surface area contributed by atoms with Crippen molar-refractivity contribution in [3.05, 3.63) is 112 Å². The van der Waals surface area contributed by atoms with Gasteiger partial charge in [-0.2, -0.15) is 0 Å². The molecule has 0 aliphatic carbocycles. The van der Waals surface area contributed by atoms with E-state index in [9.17, 15) is 9.59 Å². The summed E-state index contributed by atoms with van der Waals surface area (Å²) in [7, 11) is 0. The number of fused-ring (bicyclic) bond motifs is 6. The van der Waals surface area contributed by atoms with Gasteiger partial charge in [-0.25, -0.2) is 9.59 Å². The van der Waals surface area contributed by atoms with Crippen molar-refractivity contribution in [3.8, 4) is 5.69 Å². The van der Waals surface area contributed by atoms with Crippen LogP contribution < -0.4 is 11.3 Å². The molecular weight excluding hydrogens is 374 g/mol. The van der Waals surface area contributed by atoms with Crippen LogP contribution in [-0.4, -0.2) is 4.57 Å². The third-order valence-corrected chi connectivity index (χ3v) is 5.67. The fourth-order valence-electron chi connectivity index (χ4n) is 4.35. The maximum Gasteiger partial charge on any atom is 0.346 e. The summed E-state index contributed by atoms with van der Waals surface area (Å²) < 4.78 is 7.32. The fraction of sp³-hybridized carbons (Fsp3) is 0. The lowest BCUT2D eigenvalue weighted by atomic mass is 10.0. The van der Waals surface area contributed by atoms with Crippen molar-refractivity contribution in [2.24, 2.45) is 0 Å². The molecule has 4 nitrogen and oxygen atoms in total. The quantitative estimate of drug-likeness (QED) is 0.378. The second-order valence-corrected chi connectivity index (χ2v) is 7.33. The Morgan fingerprint density at radius 3 is 1.93 bits per heavy atom. The summed E-state index contributed by atoms with van der Waals surface area (Å²) in [6.07, 6.45) is 0. The number of hydrogen-bond donors (Lipinski definition) is 0. The summed E-state index contributed by atoms with van der Waals surface area (Å²) in [6, 6.07) is 29.3. The normalized spacial score (nSPS) is 11.6. The Hall–Kier alpha value is -4.18. The molecule has 142 valence electrons. The monoisotopic (exact) mass is 389 g/mol. The van der Waals surface area contributed by atoms with E-state index in [-0.39, 0.29) is 0 Å². The van der Waals surface area contributed by atoms with Gasteiger partial charge in [0.25, 0.3) is 0 Å². The molecule has 0 fully saturated rings. The molecule has 0 bridgehead atoms. The van der Waals surface area contributed by atoms with Gasteiger partial charge in [0.1, 0.15) is 0 Å². The highest BCUT2D eigenvalue weighted by atomic mass is 16.4. The minimum atomic E-state index is -0.621. The van der Waals surface area contributed by atoms with Crippen molar-refractivity contribution in [1.82, 2.24) is 4.57 Å². The van der Waals surface area contributed by atoms with Crippen molar-refractivity contribution in [1.29, 1.82) is 0 Å². The molecule has 30 heavy (non-hydrogen) atoms. The van der Waals surface area contributed by atoms with Crippen molar-refractivity contribution < 1.29 is 4.42 Å². The molecule has 6 rings (SSSR count). The molecular formula is C26H15NO3. The molecule has 0 saturated heterocycles. The first-order valence-electron chi connectivity index (χ1n) is 9.71. The maximum atomic E-state index is 12.8. The summed E-state index contributed by atoms with van der Waals surface area (Å²) in [6.45, 7) is 0. The largest absolute Gasteiger partial charge is 0.386 e. The van der Waals surface area contributed by atoms with Gasteiger partial charge < -0.3 is 8.98 Å². The van der Waals surface area contributed by atoms with Gasteiger partial charge in [-0.05, 0) is 47.2 Å². The lowest BCUT2D eigenvalue weighted by Crippen LogP contribution is -2.04. The average Bonchev–Trinajstić information content (AvgIpc) is 3.07. The van der Waals surface area contributed by atoms with Gasteiger partial charge in [0.2, 0.25) is 0 Å². The Kier molecular flexibility index (Phi) is 3.44. The molecule has 0 aliphatic rings. The SMILES string of the molecule is O=c1oc(=O)c2cc3c4ccccc4n(-c4ccccc4)c3cc2c2ccccc12. The molecule has 0 N–H and O–H groups in total. The van der Waals surface area contributed by atoms with Crippen LogP contribution in [0.4, 0.5) is 0 Å². The van der Waals surface area contributed by atoms with E-state index in [0.717, 1.165) is 27.5 Å². The van der Waals surface area contributed by atoms with Crippen LogP contribution in [0.3, 0.4) is 0 Å². The molecule has 2 heterocycles. The molecule has 4 aromatic carbocycles. The molecule has 0 atom stereocenters. The Labute approximate surface area is 170 Å². The van der Waals surface area contributed by atoms with Crippen LogP contribution in [0.25, 0.3) is 49.0 Å². The van der Waals surface area contributed by atoms with Crippen molar-refractivity contribution >= 4 is 43.4 Å². The van der Waals surface area contributed by atoms with Gasteiger partial charge in [-0.15, -0.1) is 0 Å². The zero-order valence-corrected chi connectivity index (χ0v) is 15.8. The summed E-state index contributed by atoms with van der Waals surface area (Å²) in [5.41, 5.74) is 1.82. The van der Waals surface area contributed by atoms with Crippen LogP contribution in [0.1, 0.15) is 0 Å². The molecule has 4 heteroatoms. The van der Waals surface area contributed by atoms with Crippen LogP contribution in [0.2, 0.25) is 0 Å². The number of para-hydroxylation sites is 2. The molecule has 2 aromatic heterocycles. The van der Waals surface area contributed by atoms with Crippen LogP contribution in [0, 0.1) is 0 Å². The van der Waals surface area contributed by atoms with E-state index in [4.69, 9.17) is 4.42 Å². The standard InChI is InChI=1S/C26H15NO3/c28-25-19-12-5-4-10-17(19)20-15-24-21(14-22(20)26(29)30-25)18-11-6-7-13-23(18)27(24)16-8-2-1-3-9-16/h1-15H. The highest BCUT2D eigenvalue weighted by Gasteiger charge is 2.15.